The lowest BCUT2D eigenvalue weighted by Crippen LogP contribution is -2.12. The van der Waals surface area contributed by atoms with Crippen molar-refractivity contribution in [1.82, 2.24) is 4.90 Å². The fraction of sp³-hybridized carbons (Fsp3) is 0.778. The summed E-state index contributed by atoms with van der Waals surface area (Å²) in [6.45, 7) is 3.54. The SMILES string of the molecule is CCCCCCCCCCCCN(C)C.O=C(O)/C=C\C(=O)O. The maximum absolute atomic E-state index is 9.55. The highest BCUT2D eigenvalue weighted by Gasteiger charge is 1.93. The molecule has 23 heavy (non-hydrogen) atoms. The Morgan fingerprint density at radius 3 is 1.39 bits per heavy atom. The zero-order valence-electron chi connectivity index (χ0n) is 15.1. The standard InChI is InChI=1S/C14H31N.C4H4O4/c1-4-5-6-7-8-9-10-11-12-13-14-15(2)3;5-3(6)1-2-4(7)8/h4-14H2,1-3H3;1-2H,(H,5,6)(H,7,8)/b;2-1-. The van der Waals surface area contributed by atoms with Gasteiger partial charge in [0, 0.05) is 12.2 Å². The monoisotopic (exact) mass is 329 g/mol. The molecule has 0 saturated heterocycles. The van der Waals surface area contributed by atoms with Crippen molar-refractivity contribution >= 4 is 11.9 Å². The minimum absolute atomic E-state index is 0.558. The number of hydrogen-bond donors (Lipinski definition) is 2. The zero-order valence-corrected chi connectivity index (χ0v) is 15.1. The van der Waals surface area contributed by atoms with E-state index < -0.39 is 11.9 Å². The molecule has 0 radical (unpaired) electrons. The number of rotatable bonds is 13. The molecule has 0 aliphatic heterocycles. The summed E-state index contributed by atoms with van der Waals surface area (Å²) in [5, 5.41) is 15.6. The summed E-state index contributed by atoms with van der Waals surface area (Å²) in [6, 6.07) is 0. The Kier molecular flexibility index (Phi) is 19.4. The number of hydrogen-bond acceptors (Lipinski definition) is 3. The molecule has 0 aromatic rings. The Bertz CT molecular complexity index is 298. The molecule has 0 rings (SSSR count). The van der Waals surface area contributed by atoms with Crippen molar-refractivity contribution in [1.29, 1.82) is 0 Å². The third-order valence-corrected chi connectivity index (χ3v) is 3.33. The number of nitrogens with zero attached hydrogens (tertiary/aromatic N) is 1. The minimum atomic E-state index is -1.26. The fourth-order valence-electron chi connectivity index (χ4n) is 2.06. The second kappa shape index (κ2) is 18.7. The summed E-state index contributed by atoms with van der Waals surface area (Å²) in [6.07, 6.45) is 15.5. The zero-order chi connectivity index (χ0) is 17.9. The van der Waals surface area contributed by atoms with E-state index in [1.165, 1.54) is 70.8 Å². The minimum Gasteiger partial charge on any atom is -0.478 e. The summed E-state index contributed by atoms with van der Waals surface area (Å²) in [5.41, 5.74) is 0. The molecule has 0 aliphatic carbocycles. The van der Waals surface area contributed by atoms with E-state index in [1.807, 2.05) is 0 Å². The lowest BCUT2D eigenvalue weighted by molar-refractivity contribution is -0.134. The van der Waals surface area contributed by atoms with E-state index in [0.717, 1.165) is 0 Å². The van der Waals surface area contributed by atoms with Gasteiger partial charge in [-0.2, -0.15) is 0 Å². The first-order chi connectivity index (χ1) is 10.9. The molecule has 5 heteroatoms. The predicted octanol–water partition coefficient (Wildman–Crippen LogP) is 4.18. The highest BCUT2D eigenvalue weighted by Crippen LogP contribution is 2.10. The molecule has 0 aromatic carbocycles. The Hall–Kier alpha value is -1.36. The first kappa shape index (κ1) is 23.9. The molecule has 5 nitrogen and oxygen atoms in total. The molecule has 0 atom stereocenters. The first-order valence-corrected chi connectivity index (χ1v) is 8.68. The van der Waals surface area contributed by atoms with Crippen molar-refractivity contribution in [2.45, 2.75) is 71.1 Å². The van der Waals surface area contributed by atoms with Crippen molar-refractivity contribution in [2.75, 3.05) is 20.6 Å². The Balaban J connectivity index is 0. The topological polar surface area (TPSA) is 77.8 Å². The van der Waals surface area contributed by atoms with Crippen LogP contribution in [0.4, 0.5) is 0 Å². The third-order valence-electron chi connectivity index (χ3n) is 3.33. The summed E-state index contributed by atoms with van der Waals surface area (Å²) >= 11 is 0. The van der Waals surface area contributed by atoms with Gasteiger partial charge in [0.2, 0.25) is 0 Å². The molecular weight excluding hydrogens is 294 g/mol. The van der Waals surface area contributed by atoms with Gasteiger partial charge >= 0.3 is 11.9 Å². The van der Waals surface area contributed by atoms with Crippen LogP contribution in [0.25, 0.3) is 0 Å². The van der Waals surface area contributed by atoms with Gasteiger partial charge in [0.15, 0.2) is 0 Å². The molecule has 0 heterocycles. The van der Waals surface area contributed by atoms with Crippen molar-refractivity contribution in [3.05, 3.63) is 12.2 Å². The lowest BCUT2D eigenvalue weighted by atomic mass is 10.1. The summed E-state index contributed by atoms with van der Waals surface area (Å²) in [5.74, 6) is -2.51. The van der Waals surface area contributed by atoms with Crippen LogP contribution in [-0.4, -0.2) is 47.7 Å². The highest BCUT2D eigenvalue weighted by atomic mass is 16.4. The molecule has 0 saturated carbocycles. The Labute approximate surface area is 141 Å². The first-order valence-electron chi connectivity index (χ1n) is 8.68. The number of carbonyl (C=O) groups is 2. The van der Waals surface area contributed by atoms with Gasteiger partial charge in [-0.05, 0) is 27.1 Å². The van der Waals surface area contributed by atoms with Crippen LogP contribution in [0.2, 0.25) is 0 Å². The molecule has 0 fully saturated rings. The van der Waals surface area contributed by atoms with E-state index in [1.54, 1.807) is 0 Å². The van der Waals surface area contributed by atoms with Gasteiger partial charge in [-0.15, -0.1) is 0 Å². The average Bonchev–Trinajstić information content (AvgIpc) is 2.47. The molecule has 0 bridgehead atoms. The van der Waals surface area contributed by atoms with Crippen LogP contribution < -0.4 is 0 Å². The van der Waals surface area contributed by atoms with E-state index in [4.69, 9.17) is 10.2 Å². The second-order valence-electron chi connectivity index (χ2n) is 6.00. The van der Waals surface area contributed by atoms with E-state index in [9.17, 15) is 9.59 Å². The summed E-state index contributed by atoms with van der Waals surface area (Å²) in [7, 11) is 4.32. The van der Waals surface area contributed by atoms with E-state index in [-0.39, 0.29) is 0 Å². The van der Waals surface area contributed by atoms with Crippen LogP contribution in [0, 0.1) is 0 Å². The molecule has 0 aromatic heterocycles. The maximum Gasteiger partial charge on any atom is 0.328 e. The Morgan fingerprint density at radius 1 is 0.739 bits per heavy atom. The van der Waals surface area contributed by atoms with E-state index in [0.29, 0.717) is 12.2 Å². The molecule has 0 amide bonds. The van der Waals surface area contributed by atoms with Crippen LogP contribution in [-0.2, 0) is 9.59 Å². The normalized spacial score (nSPS) is 10.6. The van der Waals surface area contributed by atoms with E-state index in [2.05, 4.69) is 25.9 Å². The second-order valence-corrected chi connectivity index (χ2v) is 6.00. The highest BCUT2D eigenvalue weighted by molar-refractivity contribution is 5.89. The number of aliphatic carboxylic acids is 2. The quantitative estimate of drug-likeness (QED) is 0.391. The average molecular weight is 329 g/mol. The summed E-state index contributed by atoms with van der Waals surface area (Å²) in [4.78, 5) is 21.4. The smallest absolute Gasteiger partial charge is 0.328 e. The van der Waals surface area contributed by atoms with Crippen molar-refractivity contribution in [3.63, 3.8) is 0 Å². The summed E-state index contributed by atoms with van der Waals surface area (Å²) < 4.78 is 0. The number of unbranched alkanes of at least 4 members (excludes halogenated alkanes) is 9. The van der Waals surface area contributed by atoms with Gasteiger partial charge in [-0.3, -0.25) is 0 Å². The lowest BCUT2D eigenvalue weighted by Gasteiger charge is -2.08. The van der Waals surface area contributed by atoms with E-state index >= 15 is 0 Å². The predicted molar refractivity (Wildman–Crippen MR) is 94.8 cm³/mol. The molecule has 0 aliphatic rings. The van der Waals surface area contributed by atoms with Crippen LogP contribution in [0.3, 0.4) is 0 Å². The van der Waals surface area contributed by atoms with Gasteiger partial charge in [-0.25, -0.2) is 9.59 Å². The fourth-order valence-corrected chi connectivity index (χ4v) is 2.06. The molecule has 0 spiro atoms. The van der Waals surface area contributed by atoms with Gasteiger partial charge < -0.3 is 15.1 Å². The van der Waals surface area contributed by atoms with Crippen LogP contribution >= 0.6 is 0 Å². The largest absolute Gasteiger partial charge is 0.478 e. The van der Waals surface area contributed by atoms with Crippen molar-refractivity contribution < 1.29 is 19.8 Å². The van der Waals surface area contributed by atoms with Gasteiger partial charge in [0.05, 0.1) is 0 Å². The molecule has 0 unspecified atom stereocenters. The van der Waals surface area contributed by atoms with Gasteiger partial charge in [0.1, 0.15) is 0 Å². The third kappa shape index (κ3) is 29.3. The van der Waals surface area contributed by atoms with Crippen molar-refractivity contribution in [2.24, 2.45) is 0 Å². The van der Waals surface area contributed by atoms with Crippen LogP contribution in [0.1, 0.15) is 71.1 Å². The van der Waals surface area contributed by atoms with Crippen LogP contribution in [0.5, 0.6) is 0 Å². The van der Waals surface area contributed by atoms with Crippen LogP contribution in [0.15, 0.2) is 12.2 Å². The van der Waals surface area contributed by atoms with Crippen molar-refractivity contribution in [3.8, 4) is 0 Å². The molecule has 2 N–H and O–H groups in total. The number of carboxylic acid groups (broad SMARTS) is 2. The molecular formula is C18H35NO4. The van der Waals surface area contributed by atoms with Gasteiger partial charge in [-0.1, -0.05) is 64.7 Å². The molecule has 136 valence electrons. The van der Waals surface area contributed by atoms with Gasteiger partial charge in [0.25, 0.3) is 0 Å². The maximum atomic E-state index is 9.55. The Morgan fingerprint density at radius 2 is 1.09 bits per heavy atom. The number of carboxylic acids is 2.